The molecule has 98 valence electrons. The van der Waals surface area contributed by atoms with E-state index in [0.29, 0.717) is 23.7 Å². The van der Waals surface area contributed by atoms with Crippen molar-refractivity contribution in [1.29, 1.82) is 0 Å². The van der Waals surface area contributed by atoms with Gasteiger partial charge in [0.15, 0.2) is 17.2 Å². The lowest BCUT2D eigenvalue weighted by atomic mass is 10.1. The number of aromatic nitrogens is 2. The van der Waals surface area contributed by atoms with Crippen LogP contribution in [-0.4, -0.2) is 27.8 Å². The molecule has 2 N–H and O–H groups in total. The number of hydrogen-bond acceptors (Lipinski definition) is 4. The number of hydrogen-bond donors (Lipinski definition) is 2. The van der Waals surface area contributed by atoms with Crippen LogP contribution in [0, 0.1) is 6.92 Å². The lowest BCUT2D eigenvalue weighted by Gasteiger charge is -2.00. The van der Waals surface area contributed by atoms with Gasteiger partial charge in [-0.15, -0.1) is 0 Å². The Hall–Kier alpha value is -2.50. The molecule has 0 fully saturated rings. The fourth-order valence-corrected chi connectivity index (χ4v) is 2.06. The zero-order valence-corrected chi connectivity index (χ0v) is 10.3. The molecule has 1 aromatic heterocycles. The Kier molecular flexibility index (Phi) is 2.63. The second-order valence-corrected chi connectivity index (χ2v) is 4.33. The van der Waals surface area contributed by atoms with Gasteiger partial charge in [-0.25, -0.2) is 9.78 Å². The number of carbonyl (C=O) groups is 1. The highest BCUT2D eigenvalue weighted by Crippen LogP contribution is 2.32. The Bertz CT molecular complexity index is 648. The summed E-state index contributed by atoms with van der Waals surface area (Å²) in [5, 5.41) is 8.95. The van der Waals surface area contributed by atoms with E-state index in [1.54, 1.807) is 6.92 Å². The van der Waals surface area contributed by atoms with Gasteiger partial charge in [0, 0.05) is 12.1 Å². The molecule has 0 radical (unpaired) electrons. The van der Waals surface area contributed by atoms with E-state index < -0.39 is 5.97 Å². The fraction of sp³-hybridized carbons (Fsp3) is 0.231. The molecule has 0 saturated heterocycles. The third-order valence-corrected chi connectivity index (χ3v) is 2.94. The van der Waals surface area contributed by atoms with E-state index in [0.717, 1.165) is 11.3 Å². The normalized spacial score (nSPS) is 12.7. The van der Waals surface area contributed by atoms with Gasteiger partial charge in [-0.3, -0.25) is 0 Å². The largest absolute Gasteiger partial charge is 0.476 e. The predicted octanol–water partition coefficient (Wildman–Crippen LogP) is 1.74. The first-order chi connectivity index (χ1) is 9.13. The van der Waals surface area contributed by atoms with Crippen molar-refractivity contribution in [3.05, 3.63) is 41.0 Å². The van der Waals surface area contributed by atoms with Crippen molar-refractivity contribution in [3.8, 4) is 11.5 Å². The molecule has 1 aliphatic heterocycles. The Balaban J connectivity index is 1.85. The Labute approximate surface area is 109 Å². The zero-order valence-electron chi connectivity index (χ0n) is 10.3. The van der Waals surface area contributed by atoms with Crippen LogP contribution in [0.4, 0.5) is 0 Å². The molecular formula is C13H12N2O4. The molecule has 2 aromatic rings. The van der Waals surface area contributed by atoms with E-state index in [9.17, 15) is 4.79 Å². The second kappa shape index (κ2) is 4.31. The number of nitrogens with zero attached hydrogens (tertiary/aromatic N) is 1. The van der Waals surface area contributed by atoms with Gasteiger partial charge in [-0.2, -0.15) is 0 Å². The van der Waals surface area contributed by atoms with Crippen molar-refractivity contribution in [3.63, 3.8) is 0 Å². The summed E-state index contributed by atoms with van der Waals surface area (Å²) in [7, 11) is 0. The van der Waals surface area contributed by atoms with Crippen LogP contribution in [0.3, 0.4) is 0 Å². The van der Waals surface area contributed by atoms with E-state index >= 15 is 0 Å². The monoisotopic (exact) mass is 260 g/mol. The summed E-state index contributed by atoms with van der Waals surface area (Å²) in [6.45, 7) is 1.93. The minimum Gasteiger partial charge on any atom is -0.476 e. The molecule has 6 heteroatoms. The molecular weight excluding hydrogens is 248 g/mol. The van der Waals surface area contributed by atoms with E-state index in [-0.39, 0.29) is 12.5 Å². The highest BCUT2D eigenvalue weighted by atomic mass is 16.7. The van der Waals surface area contributed by atoms with Crippen LogP contribution >= 0.6 is 0 Å². The molecule has 0 saturated carbocycles. The Morgan fingerprint density at radius 3 is 2.95 bits per heavy atom. The summed E-state index contributed by atoms with van der Waals surface area (Å²) in [5.41, 5.74) is 1.61. The lowest BCUT2D eigenvalue weighted by molar-refractivity contribution is 0.0690. The smallest absolute Gasteiger partial charge is 0.356 e. The SMILES string of the molecule is Cc1[nH]c(Cc2ccc3c(c2)OCO3)nc1C(=O)O. The maximum absolute atomic E-state index is 10.9. The highest BCUT2D eigenvalue weighted by molar-refractivity contribution is 5.86. The van der Waals surface area contributed by atoms with Crippen LogP contribution in [-0.2, 0) is 6.42 Å². The standard InChI is InChI=1S/C13H12N2O4/c1-7-12(13(16)17)15-11(14-7)5-8-2-3-9-10(4-8)19-6-18-9/h2-4H,5-6H2,1H3,(H,14,15)(H,16,17). The van der Waals surface area contributed by atoms with Gasteiger partial charge in [0.2, 0.25) is 6.79 Å². The molecule has 2 heterocycles. The van der Waals surface area contributed by atoms with Crippen molar-refractivity contribution in [2.75, 3.05) is 6.79 Å². The number of ether oxygens (including phenoxy) is 2. The van der Waals surface area contributed by atoms with Crippen LogP contribution in [0.25, 0.3) is 0 Å². The maximum atomic E-state index is 10.9. The van der Waals surface area contributed by atoms with Crippen LogP contribution in [0.5, 0.6) is 11.5 Å². The quantitative estimate of drug-likeness (QED) is 0.878. The number of aromatic amines is 1. The van der Waals surface area contributed by atoms with Gasteiger partial charge >= 0.3 is 5.97 Å². The number of H-pyrrole nitrogens is 1. The lowest BCUT2D eigenvalue weighted by Crippen LogP contribution is -1.99. The molecule has 19 heavy (non-hydrogen) atoms. The van der Waals surface area contributed by atoms with Crippen molar-refractivity contribution < 1.29 is 19.4 Å². The van der Waals surface area contributed by atoms with Crippen LogP contribution in [0.15, 0.2) is 18.2 Å². The first kappa shape index (κ1) is 11.6. The molecule has 3 rings (SSSR count). The summed E-state index contributed by atoms with van der Waals surface area (Å²) < 4.78 is 10.5. The van der Waals surface area contributed by atoms with E-state index in [2.05, 4.69) is 9.97 Å². The Morgan fingerprint density at radius 1 is 1.42 bits per heavy atom. The molecule has 0 amide bonds. The van der Waals surface area contributed by atoms with Gasteiger partial charge in [0.25, 0.3) is 0 Å². The second-order valence-electron chi connectivity index (χ2n) is 4.33. The average molecular weight is 260 g/mol. The molecule has 6 nitrogen and oxygen atoms in total. The minimum atomic E-state index is -1.02. The number of fused-ring (bicyclic) bond motifs is 1. The van der Waals surface area contributed by atoms with Gasteiger partial charge in [0.05, 0.1) is 0 Å². The third-order valence-electron chi connectivity index (χ3n) is 2.94. The third kappa shape index (κ3) is 2.12. The number of benzene rings is 1. The molecule has 1 aliphatic rings. The number of rotatable bonds is 3. The zero-order chi connectivity index (χ0) is 13.4. The summed E-state index contributed by atoms with van der Waals surface area (Å²) >= 11 is 0. The van der Waals surface area contributed by atoms with E-state index in [1.807, 2.05) is 18.2 Å². The molecule has 1 aromatic carbocycles. The van der Waals surface area contributed by atoms with Crippen LogP contribution < -0.4 is 9.47 Å². The topological polar surface area (TPSA) is 84.4 Å². The summed E-state index contributed by atoms with van der Waals surface area (Å²) in [6.07, 6.45) is 0.519. The van der Waals surface area contributed by atoms with Crippen molar-refractivity contribution >= 4 is 5.97 Å². The van der Waals surface area contributed by atoms with Crippen LogP contribution in [0.1, 0.15) is 27.6 Å². The predicted molar refractivity (Wildman–Crippen MR) is 65.7 cm³/mol. The summed E-state index contributed by atoms with van der Waals surface area (Å²) in [4.78, 5) is 18.0. The van der Waals surface area contributed by atoms with E-state index in [1.165, 1.54) is 0 Å². The molecule has 0 aliphatic carbocycles. The highest BCUT2D eigenvalue weighted by Gasteiger charge is 2.16. The maximum Gasteiger partial charge on any atom is 0.356 e. The number of carboxylic acids is 1. The minimum absolute atomic E-state index is 0.0655. The molecule has 0 unspecified atom stereocenters. The van der Waals surface area contributed by atoms with Crippen molar-refractivity contribution in [2.24, 2.45) is 0 Å². The molecule has 0 spiro atoms. The fourth-order valence-electron chi connectivity index (χ4n) is 2.06. The molecule has 0 bridgehead atoms. The molecule has 0 atom stereocenters. The van der Waals surface area contributed by atoms with Gasteiger partial charge in [0.1, 0.15) is 5.82 Å². The van der Waals surface area contributed by atoms with Crippen molar-refractivity contribution in [1.82, 2.24) is 9.97 Å². The first-order valence-electron chi connectivity index (χ1n) is 5.81. The Morgan fingerprint density at radius 2 is 2.21 bits per heavy atom. The number of aryl methyl sites for hydroxylation is 1. The average Bonchev–Trinajstić information content (AvgIpc) is 2.95. The van der Waals surface area contributed by atoms with E-state index in [4.69, 9.17) is 14.6 Å². The van der Waals surface area contributed by atoms with Gasteiger partial charge < -0.3 is 19.6 Å². The first-order valence-corrected chi connectivity index (χ1v) is 5.81. The summed E-state index contributed by atoms with van der Waals surface area (Å²) in [5.74, 6) is 1.03. The number of nitrogens with one attached hydrogen (secondary N) is 1. The van der Waals surface area contributed by atoms with Crippen LogP contribution in [0.2, 0.25) is 0 Å². The van der Waals surface area contributed by atoms with Crippen molar-refractivity contribution in [2.45, 2.75) is 13.3 Å². The number of carboxylic acid groups (broad SMARTS) is 1. The number of aromatic carboxylic acids is 1. The van der Waals surface area contributed by atoms with Gasteiger partial charge in [-0.05, 0) is 24.6 Å². The van der Waals surface area contributed by atoms with Gasteiger partial charge in [-0.1, -0.05) is 6.07 Å². The number of imidazole rings is 1. The summed E-state index contributed by atoms with van der Waals surface area (Å²) in [6, 6.07) is 5.62.